The van der Waals surface area contributed by atoms with Crippen molar-refractivity contribution in [1.29, 1.82) is 0 Å². The van der Waals surface area contributed by atoms with Crippen molar-refractivity contribution in [3.05, 3.63) is 88.9 Å². The van der Waals surface area contributed by atoms with Crippen molar-refractivity contribution in [2.75, 3.05) is 11.1 Å². The minimum absolute atomic E-state index is 0.0695. The topological polar surface area (TPSA) is 59.8 Å². The maximum absolute atomic E-state index is 12.9. The second-order valence-electron chi connectivity index (χ2n) is 7.40. The smallest absolute Gasteiger partial charge is 0.325 e. The van der Waals surface area contributed by atoms with Crippen molar-refractivity contribution < 1.29 is 18.0 Å². The summed E-state index contributed by atoms with van der Waals surface area (Å²) in [4.78, 5) is 12.5. The molecule has 0 aliphatic rings. The van der Waals surface area contributed by atoms with E-state index in [1.54, 1.807) is 12.1 Å². The Morgan fingerprint density at radius 3 is 2.47 bits per heavy atom. The van der Waals surface area contributed by atoms with E-state index in [1.807, 2.05) is 47.9 Å². The molecule has 0 saturated heterocycles. The molecule has 0 fully saturated rings. The second kappa shape index (κ2) is 9.90. The van der Waals surface area contributed by atoms with Crippen LogP contribution in [-0.4, -0.2) is 26.4 Å². The van der Waals surface area contributed by atoms with Crippen LogP contribution in [0.2, 0.25) is 5.02 Å². The van der Waals surface area contributed by atoms with Crippen LogP contribution in [-0.2, 0) is 11.0 Å². The van der Waals surface area contributed by atoms with Gasteiger partial charge in [-0.1, -0.05) is 53.2 Å². The lowest BCUT2D eigenvalue weighted by molar-refractivity contribution is -0.137. The van der Waals surface area contributed by atoms with Gasteiger partial charge in [-0.2, -0.15) is 13.2 Å². The molecule has 3 aromatic carbocycles. The third-order valence-corrected chi connectivity index (χ3v) is 5.98. The Kier molecular flexibility index (Phi) is 6.95. The Morgan fingerprint density at radius 1 is 1.03 bits per heavy atom. The molecular weight excluding hydrogens is 485 g/mol. The van der Waals surface area contributed by atoms with Gasteiger partial charge >= 0.3 is 6.18 Å². The van der Waals surface area contributed by atoms with Crippen molar-refractivity contribution in [2.45, 2.75) is 18.3 Å². The minimum Gasteiger partial charge on any atom is -0.325 e. The fraction of sp³-hybridized carbons (Fsp3) is 0.125. The quantitative estimate of drug-likeness (QED) is 0.300. The fourth-order valence-electron chi connectivity index (χ4n) is 3.26. The highest BCUT2D eigenvalue weighted by molar-refractivity contribution is 7.99. The number of hydrogen-bond acceptors (Lipinski definition) is 4. The van der Waals surface area contributed by atoms with Gasteiger partial charge in [0, 0.05) is 22.0 Å². The van der Waals surface area contributed by atoms with Crippen LogP contribution in [0.15, 0.2) is 78.0 Å². The monoisotopic (exact) mass is 502 g/mol. The standard InChI is InChI=1S/C24H18ClF3N4OS/c1-15-4-2-5-16(12-15)22-30-31-23(32(22)20-10-8-18(25)9-11-20)34-14-21(33)29-19-7-3-6-17(13-19)24(26,27)28/h2-13H,14H2,1H3,(H,29,33). The molecule has 0 aliphatic heterocycles. The van der Waals surface area contributed by atoms with E-state index < -0.39 is 17.6 Å². The molecule has 174 valence electrons. The van der Waals surface area contributed by atoms with Crippen LogP contribution in [0.3, 0.4) is 0 Å². The van der Waals surface area contributed by atoms with Crippen LogP contribution in [0.5, 0.6) is 0 Å². The highest BCUT2D eigenvalue weighted by Gasteiger charge is 2.30. The third-order valence-electron chi connectivity index (χ3n) is 4.80. The molecule has 10 heteroatoms. The summed E-state index contributed by atoms with van der Waals surface area (Å²) in [7, 11) is 0. The first-order valence-electron chi connectivity index (χ1n) is 10.1. The van der Waals surface area contributed by atoms with Crippen molar-refractivity contribution in [3.8, 4) is 17.1 Å². The maximum Gasteiger partial charge on any atom is 0.416 e. The van der Waals surface area contributed by atoms with Gasteiger partial charge in [0.1, 0.15) is 0 Å². The summed E-state index contributed by atoms with van der Waals surface area (Å²) in [5.74, 6) is 0.0504. The van der Waals surface area contributed by atoms with Crippen molar-refractivity contribution in [2.24, 2.45) is 0 Å². The van der Waals surface area contributed by atoms with Crippen molar-refractivity contribution in [3.63, 3.8) is 0 Å². The summed E-state index contributed by atoms with van der Waals surface area (Å²) in [5, 5.41) is 12.1. The van der Waals surface area contributed by atoms with Crippen LogP contribution in [0.25, 0.3) is 17.1 Å². The van der Waals surface area contributed by atoms with Crippen LogP contribution in [0.1, 0.15) is 11.1 Å². The van der Waals surface area contributed by atoms with E-state index >= 15 is 0 Å². The Bertz CT molecular complexity index is 1320. The van der Waals surface area contributed by atoms with Gasteiger partial charge in [0.05, 0.1) is 11.3 Å². The third kappa shape index (κ3) is 5.60. The lowest BCUT2D eigenvalue weighted by Gasteiger charge is -2.12. The summed E-state index contributed by atoms with van der Waals surface area (Å²) >= 11 is 7.17. The Morgan fingerprint density at radius 2 is 1.76 bits per heavy atom. The van der Waals surface area contributed by atoms with Gasteiger partial charge < -0.3 is 5.32 Å². The molecular formula is C24H18ClF3N4OS. The number of amides is 1. The molecule has 4 rings (SSSR count). The van der Waals surface area contributed by atoms with E-state index in [2.05, 4.69) is 15.5 Å². The maximum atomic E-state index is 12.9. The zero-order valence-corrected chi connectivity index (χ0v) is 19.4. The molecule has 1 heterocycles. The number of hydrogen-bond donors (Lipinski definition) is 1. The lowest BCUT2D eigenvalue weighted by atomic mass is 10.1. The summed E-state index contributed by atoms with van der Waals surface area (Å²) in [6.07, 6.45) is -4.49. The molecule has 0 radical (unpaired) electrons. The van der Waals surface area contributed by atoms with E-state index in [0.29, 0.717) is 16.0 Å². The minimum atomic E-state index is -4.49. The second-order valence-corrected chi connectivity index (χ2v) is 8.78. The number of rotatable bonds is 6. The molecule has 34 heavy (non-hydrogen) atoms. The normalized spacial score (nSPS) is 11.4. The summed E-state index contributed by atoms with van der Waals surface area (Å²) in [6, 6.07) is 19.4. The molecule has 1 amide bonds. The van der Waals surface area contributed by atoms with E-state index in [4.69, 9.17) is 11.6 Å². The SMILES string of the molecule is Cc1cccc(-c2nnc(SCC(=O)Nc3cccc(C(F)(F)F)c3)n2-c2ccc(Cl)cc2)c1. The highest BCUT2D eigenvalue weighted by Crippen LogP contribution is 2.31. The predicted molar refractivity (Wildman–Crippen MR) is 127 cm³/mol. The number of halogens is 4. The number of aromatic nitrogens is 3. The van der Waals surface area contributed by atoms with Gasteiger partial charge in [-0.3, -0.25) is 9.36 Å². The number of carbonyl (C=O) groups is 1. The number of nitrogens with one attached hydrogen (secondary N) is 1. The number of carbonyl (C=O) groups excluding carboxylic acids is 1. The predicted octanol–water partition coefficient (Wildman–Crippen LogP) is 6.65. The first-order chi connectivity index (χ1) is 16.2. The zero-order chi connectivity index (χ0) is 24.3. The van der Waals surface area contributed by atoms with Crippen molar-refractivity contribution >= 4 is 35.0 Å². The average Bonchev–Trinajstić information content (AvgIpc) is 3.22. The molecule has 5 nitrogen and oxygen atoms in total. The van der Waals surface area contributed by atoms with E-state index in [-0.39, 0.29) is 11.4 Å². The molecule has 1 aromatic heterocycles. The molecule has 4 aromatic rings. The zero-order valence-electron chi connectivity index (χ0n) is 17.8. The van der Waals surface area contributed by atoms with Gasteiger partial charge in [0.2, 0.25) is 5.91 Å². The molecule has 0 spiro atoms. The summed E-state index contributed by atoms with van der Waals surface area (Å²) in [5.41, 5.74) is 1.90. The van der Waals surface area contributed by atoms with E-state index in [0.717, 1.165) is 40.7 Å². The van der Waals surface area contributed by atoms with Gasteiger partial charge in [-0.25, -0.2) is 0 Å². The molecule has 0 saturated carbocycles. The first-order valence-corrected chi connectivity index (χ1v) is 11.5. The number of nitrogens with zero attached hydrogens (tertiary/aromatic N) is 3. The van der Waals surface area contributed by atoms with Gasteiger partial charge in [-0.05, 0) is 55.5 Å². The Hall–Kier alpha value is -3.30. The molecule has 1 N–H and O–H groups in total. The van der Waals surface area contributed by atoms with Crippen LogP contribution >= 0.6 is 23.4 Å². The number of alkyl halides is 3. The highest BCUT2D eigenvalue weighted by atomic mass is 35.5. The van der Waals surface area contributed by atoms with Gasteiger partial charge in [-0.15, -0.1) is 10.2 Å². The van der Waals surface area contributed by atoms with E-state index in [9.17, 15) is 18.0 Å². The van der Waals surface area contributed by atoms with Crippen LogP contribution < -0.4 is 5.32 Å². The summed E-state index contributed by atoms with van der Waals surface area (Å²) < 4.78 is 40.6. The van der Waals surface area contributed by atoms with Gasteiger partial charge in [0.25, 0.3) is 0 Å². The number of thioether (sulfide) groups is 1. The molecule has 0 unspecified atom stereocenters. The lowest BCUT2D eigenvalue weighted by Crippen LogP contribution is -2.15. The number of aryl methyl sites for hydroxylation is 1. The van der Waals surface area contributed by atoms with Gasteiger partial charge in [0.15, 0.2) is 11.0 Å². The molecule has 0 atom stereocenters. The van der Waals surface area contributed by atoms with E-state index in [1.165, 1.54) is 12.1 Å². The average molecular weight is 503 g/mol. The largest absolute Gasteiger partial charge is 0.416 e. The molecule has 0 aliphatic carbocycles. The first kappa shape index (κ1) is 23.8. The summed E-state index contributed by atoms with van der Waals surface area (Å²) in [6.45, 7) is 1.97. The van der Waals surface area contributed by atoms with Crippen molar-refractivity contribution in [1.82, 2.24) is 14.8 Å². The fourth-order valence-corrected chi connectivity index (χ4v) is 4.14. The Balaban J connectivity index is 1.57. The molecule has 0 bridgehead atoms. The Labute approximate surface area is 203 Å². The number of anilines is 1. The number of benzene rings is 3. The van der Waals surface area contributed by atoms with Crippen LogP contribution in [0.4, 0.5) is 18.9 Å². The van der Waals surface area contributed by atoms with Crippen LogP contribution in [0, 0.1) is 6.92 Å².